The van der Waals surface area contributed by atoms with Crippen LogP contribution < -0.4 is 5.32 Å². The lowest BCUT2D eigenvalue weighted by Crippen LogP contribution is -2.37. The van der Waals surface area contributed by atoms with E-state index in [0.717, 1.165) is 30.0 Å². The summed E-state index contributed by atoms with van der Waals surface area (Å²) in [5.74, 6) is 1.26. The van der Waals surface area contributed by atoms with Gasteiger partial charge < -0.3 is 10.4 Å². The van der Waals surface area contributed by atoms with E-state index in [9.17, 15) is 5.11 Å². The van der Waals surface area contributed by atoms with E-state index in [4.69, 9.17) is 0 Å². The summed E-state index contributed by atoms with van der Waals surface area (Å²) in [6, 6.07) is 3.84. The van der Waals surface area contributed by atoms with Crippen molar-refractivity contribution in [2.45, 2.75) is 71.4 Å². The predicted molar refractivity (Wildman–Crippen MR) is 94.4 cm³/mol. The fourth-order valence-electron chi connectivity index (χ4n) is 3.42. The third kappa shape index (κ3) is 3.59. The Bertz CT molecular complexity index is 716. The molecule has 0 saturated heterocycles. The third-order valence-corrected chi connectivity index (χ3v) is 4.75. The second kappa shape index (κ2) is 6.51. The minimum Gasteiger partial charge on any atom is -0.387 e. The summed E-state index contributed by atoms with van der Waals surface area (Å²) < 4.78 is 1.73. The van der Waals surface area contributed by atoms with E-state index < -0.39 is 6.10 Å². The summed E-state index contributed by atoms with van der Waals surface area (Å²) in [6.45, 7) is 7.90. The molecule has 3 rings (SSSR count). The monoisotopic (exact) mass is 329 g/mol. The summed E-state index contributed by atoms with van der Waals surface area (Å²) in [4.78, 5) is 9.16. The van der Waals surface area contributed by atoms with Gasteiger partial charge in [0.2, 0.25) is 0 Å². The molecule has 2 N–H and O–H groups in total. The van der Waals surface area contributed by atoms with E-state index in [1.54, 1.807) is 11.6 Å². The first-order chi connectivity index (χ1) is 11.4. The van der Waals surface area contributed by atoms with Crippen molar-refractivity contribution < 1.29 is 5.11 Å². The van der Waals surface area contributed by atoms with Crippen molar-refractivity contribution in [3.8, 4) is 5.95 Å². The molecule has 2 aromatic rings. The predicted octanol–water partition coefficient (Wildman–Crippen LogP) is 3.47. The number of aliphatic hydroxyl groups is 1. The van der Waals surface area contributed by atoms with Gasteiger partial charge in [-0.05, 0) is 46.6 Å². The highest BCUT2D eigenvalue weighted by molar-refractivity contribution is 5.42. The van der Waals surface area contributed by atoms with Crippen LogP contribution in [0, 0.1) is 13.8 Å². The SMILES string of the molecule is Cc1cc(C)n(-c2nc(NC3(C)CCCCC3)cc(C(C)O)n2)n1. The fraction of sp³-hybridized carbons (Fsp3) is 0.611. The number of rotatable bonds is 4. The highest BCUT2D eigenvalue weighted by Gasteiger charge is 2.27. The van der Waals surface area contributed by atoms with Crippen LogP contribution in [0.25, 0.3) is 5.95 Å². The van der Waals surface area contributed by atoms with Crippen LogP contribution in [0.15, 0.2) is 12.1 Å². The molecule has 0 bridgehead atoms. The Hall–Kier alpha value is -1.95. The molecule has 0 aromatic carbocycles. The number of aliphatic hydroxyl groups excluding tert-OH is 1. The average Bonchev–Trinajstić information content (AvgIpc) is 2.86. The molecule has 1 aliphatic carbocycles. The average molecular weight is 329 g/mol. The zero-order chi connectivity index (χ0) is 17.3. The number of hydrogen-bond acceptors (Lipinski definition) is 5. The Balaban J connectivity index is 1.98. The van der Waals surface area contributed by atoms with Gasteiger partial charge in [0.1, 0.15) is 5.82 Å². The molecular formula is C18H27N5O. The van der Waals surface area contributed by atoms with Crippen molar-refractivity contribution in [1.29, 1.82) is 0 Å². The normalized spacial score (nSPS) is 18.4. The van der Waals surface area contributed by atoms with Gasteiger partial charge in [0.05, 0.1) is 17.5 Å². The van der Waals surface area contributed by atoms with Crippen molar-refractivity contribution in [3.63, 3.8) is 0 Å². The van der Waals surface area contributed by atoms with Crippen LogP contribution in [0.5, 0.6) is 0 Å². The number of nitrogens with zero attached hydrogens (tertiary/aromatic N) is 4. The molecule has 2 aromatic heterocycles. The maximum absolute atomic E-state index is 10.0. The van der Waals surface area contributed by atoms with Gasteiger partial charge in [-0.25, -0.2) is 9.67 Å². The van der Waals surface area contributed by atoms with Gasteiger partial charge in [-0.2, -0.15) is 10.1 Å². The van der Waals surface area contributed by atoms with Gasteiger partial charge in [-0.3, -0.25) is 0 Å². The maximum atomic E-state index is 10.0. The molecule has 1 unspecified atom stereocenters. The minimum atomic E-state index is -0.650. The lowest BCUT2D eigenvalue weighted by molar-refractivity contribution is 0.194. The largest absolute Gasteiger partial charge is 0.387 e. The fourth-order valence-corrected chi connectivity index (χ4v) is 3.42. The topological polar surface area (TPSA) is 75.9 Å². The van der Waals surface area contributed by atoms with Crippen LogP contribution in [0.3, 0.4) is 0 Å². The number of nitrogens with one attached hydrogen (secondary N) is 1. The lowest BCUT2D eigenvalue weighted by Gasteiger charge is -2.35. The highest BCUT2D eigenvalue weighted by atomic mass is 16.3. The smallest absolute Gasteiger partial charge is 0.253 e. The van der Waals surface area contributed by atoms with Gasteiger partial charge in [-0.1, -0.05) is 19.3 Å². The van der Waals surface area contributed by atoms with E-state index in [1.165, 1.54) is 19.3 Å². The Morgan fingerprint density at radius 1 is 1.17 bits per heavy atom. The highest BCUT2D eigenvalue weighted by Crippen LogP contribution is 2.31. The molecule has 130 valence electrons. The van der Waals surface area contributed by atoms with Crippen LogP contribution in [-0.2, 0) is 0 Å². The number of hydrogen-bond donors (Lipinski definition) is 2. The molecule has 1 aliphatic rings. The van der Waals surface area contributed by atoms with Crippen molar-refractivity contribution in [3.05, 3.63) is 29.2 Å². The second-order valence-corrected chi connectivity index (χ2v) is 7.24. The first-order valence-corrected chi connectivity index (χ1v) is 8.75. The number of aromatic nitrogens is 4. The summed E-state index contributed by atoms with van der Waals surface area (Å²) in [5.41, 5.74) is 2.56. The molecule has 0 aliphatic heterocycles. The van der Waals surface area contributed by atoms with Gasteiger partial charge in [0, 0.05) is 17.3 Å². The molecule has 0 spiro atoms. The zero-order valence-corrected chi connectivity index (χ0v) is 15.0. The minimum absolute atomic E-state index is 0.0505. The van der Waals surface area contributed by atoms with Gasteiger partial charge >= 0.3 is 0 Å². The van der Waals surface area contributed by atoms with E-state index in [2.05, 4.69) is 27.3 Å². The molecule has 0 amide bonds. The lowest BCUT2D eigenvalue weighted by atomic mass is 9.83. The van der Waals surface area contributed by atoms with Crippen LogP contribution in [0.1, 0.15) is 69.1 Å². The standard InChI is InChI=1S/C18H27N5O/c1-12-10-13(2)23(22-12)17-19-15(14(3)24)11-16(20-17)21-18(4)8-6-5-7-9-18/h10-11,14,24H,5-9H2,1-4H3,(H,19,20,21). The summed E-state index contributed by atoms with van der Waals surface area (Å²) in [5, 5.41) is 18.1. The van der Waals surface area contributed by atoms with Crippen LogP contribution >= 0.6 is 0 Å². The molecular weight excluding hydrogens is 302 g/mol. The van der Waals surface area contributed by atoms with Crippen molar-refractivity contribution in [2.24, 2.45) is 0 Å². The molecule has 2 heterocycles. The first-order valence-electron chi connectivity index (χ1n) is 8.75. The molecule has 6 nitrogen and oxygen atoms in total. The molecule has 6 heteroatoms. The van der Waals surface area contributed by atoms with Gasteiger partial charge in [0.15, 0.2) is 0 Å². The first kappa shape index (κ1) is 16.9. The zero-order valence-electron chi connectivity index (χ0n) is 15.0. The molecule has 1 fully saturated rings. The number of anilines is 1. The summed E-state index contributed by atoms with van der Waals surface area (Å²) >= 11 is 0. The van der Waals surface area contributed by atoms with E-state index in [1.807, 2.05) is 26.0 Å². The Morgan fingerprint density at radius 2 is 1.88 bits per heavy atom. The summed E-state index contributed by atoms with van der Waals surface area (Å²) in [7, 11) is 0. The summed E-state index contributed by atoms with van der Waals surface area (Å²) in [6.07, 6.45) is 5.40. The van der Waals surface area contributed by atoms with Crippen molar-refractivity contribution >= 4 is 5.82 Å². The van der Waals surface area contributed by atoms with E-state index >= 15 is 0 Å². The molecule has 1 saturated carbocycles. The molecule has 0 radical (unpaired) electrons. The van der Waals surface area contributed by atoms with Crippen molar-refractivity contribution in [2.75, 3.05) is 5.32 Å². The quantitative estimate of drug-likeness (QED) is 0.898. The van der Waals surface area contributed by atoms with Crippen LogP contribution in [0.4, 0.5) is 5.82 Å². The van der Waals surface area contributed by atoms with E-state index in [-0.39, 0.29) is 5.54 Å². The van der Waals surface area contributed by atoms with Crippen molar-refractivity contribution in [1.82, 2.24) is 19.7 Å². The maximum Gasteiger partial charge on any atom is 0.253 e. The Morgan fingerprint density at radius 3 is 2.46 bits per heavy atom. The third-order valence-electron chi connectivity index (χ3n) is 4.75. The van der Waals surface area contributed by atoms with Crippen LogP contribution in [0.2, 0.25) is 0 Å². The van der Waals surface area contributed by atoms with E-state index in [0.29, 0.717) is 11.6 Å². The molecule has 24 heavy (non-hydrogen) atoms. The second-order valence-electron chi connectivity index (χ2n) is 7.24. The van der Waals surface area contributed by atoms with Crippen LogP contribution in [-0.4, -0.2) is 30.4 Å². The Labute approximate surface area is 143 Å². The Kier molecular flexibility index (Phi) is 4.58. The number of aryl methyl sites for hydroxylation is 2. The molecule has 1 atom stereocenters. The van der Waals surface area contributed by atoms with Gasteiger partial charge in [0.25, 0.3) is 5.95 Å². The van der Waals surface area contributed by atoms with Gasteiger partial charge in [-0.15, -0.1) is 0 Å².